The number of fused-ring (bicyclic) bond motifs is 5. The van der Waals surface area contributed by atoms with E-state index in [-0.39, 0.29) is 5.41 Å². The minimum Gasteiger partial charge on any atom is -0.300 e. The van der Waals surface area contributed by atoms with Gasteiger partial charge >= 0.3 is 0 Å². The Hall–Kier alpha value is -1.70. The van der Waals surface area contributed by atoms with E-state index in [4.69, 9.17) is 0 Å². The van der Waals surface area contributed by atoms with Gasteiger partial charge in [0.15, 0.2) is 0 Å². The molecule has 3 saturated carbocycles. The van der Waals surface area contributed by atoms with Crippen LogP contribution in [0.3, 0.4) is 0 Å². The first kappa shape index (κ1) is 18.3. The molecule has 3 fully saturated rings. The fourth-order valence-electron chi connectivity index (χ4n) is 7.40. The van der Waals surface area contributed by atoms with Gasteiger partial charge in [-0.2, -0.15) is 0 Å². The standard InChI is InChI=1S/C26H33NO/c1-4-17-11-14-27-16-21(17)23-8-7-22-20-6-5-18-15-19(28)9-12-25(18,2)24(20)10-13-26(22,23)3/h7-8,11,14,16,18,20,24H,4-6,9-10,12-13,15H2,1-3H3/t18?,20?,24?,25-,26-/m0/s1. The number of nitrogens with zero attached hydrogens (tertiary/aromatic N) is 1. The van der Waals surface area contributed by atoms with Crippen LogP contribution in [0.2, 0.25) is 0 Å². The lowest BCUT2D eigenvalue weighted by molar-refractivity contribution is -0.130. The fourth-order valence-corrected chi connectivity index (χ4v) is 7.40. The molecule has 0 N–H and O–H groups in total. The Labute approximate surface area is 169 Å². The number of aryl methyl sites for hydroxylation is 1. The molecule has 1 aromatic rings. The third-order valence-electron chi connectivity index (χ3n) is 9.11. The molecule has 0 aromatic carbocycles. The molecule has 0 spiro atoms. The molecule has 0 radical (unpaired) electrons. The highest BCUT2D eigenvalue weighted by atomic mass is 16.1. The quantitative estimate of drug-likeness (QED) is 0.619. The van der Waals surface area contributed by atoms with Crippen LogP contribution in [0.1, 0.15) is 76.8 Å². The second kappa shape index (κ2) is 6.40. The van der Waals surface area contributed by atoms with Gasteiger partial charge in [-0.05, 0) is 78.9 Å². The smallest absolute Gasteiger partial charge is 0.133 e. The Morgan fingerprint density at radius 1 is 1.14 bits per heavy atom. The Morgan fingerprint density at radius 3 is 2.82 bits per heavy atom. The lowest BCUT2D eigenvalue weighted by Crippen LogP contribution is -2.50. The summed E-state index contributed by atoms with van der Waals surface area (Å²) >= 11 is 0. The molecule has 1 aromatic heterocycles. The van der Waals surface area contributed by atoms with Crippen molar-refractivity contribution in [2.75, 3.05) is 0 Å². The number of pyridine rings is 1. The molecule has 3 unspecified atom stereocenters. The normalized spacial score (nSPS) is 39.5. The summed E-state index contributed by atoms with van der Waals surface area (Å²) in [4.78, 5) is 16.6. The molecule has 4 aliphatic rings. The van der Waals surface area contributed by atoms with Crippen molar-refractivity contribution in [1.29, 1.82) is 0 Å². The summed E-state index contributed by atoms with van der Waals surface area (Å²) in [5.74, 6) is 2.59. The number of aromatic nitrogens is 1. The summed E-state index contributed by atoms with van der Waals surface area (Å²) in [6.45, 7) is 7.25. The number of hydrogen-bond donors (Lipinski definition) is 0. The number of ketones is 1. The van der Waals surface area contributed by atoms with E-state index < -0.39 is 0 Å². The SMILES string of the molecule is CCc1ccncc1C1=CC=C2C3CCC4CC(=O)CC[C@]4(C)C3CC[C@]12C. The molecule has 0 bridgehead atoms. The molecule has 28 heavy (non-hydrogen) atoms. The summed E-state index contributed by atoms with van der Waals surface area (Å²) in [5, 5.41) is 0. The Balaban J connectivity index is 1.48. The van der Waals surface area contributed by atoms with Crippen LogP contribution in [0, 0.1) is 28.6 Å². The summed E-state index contributed by atoms with van der Waals surface area (Å²) in [6.07, 6.45) is 17.8. The molecule has 5 rings (SSSR count). The molecule has 4 aliphatic carbocycles. The van der Waals surface area contributed by atoms with Gasteiger partial charge in [0.05, 0.1) is 0 Å². The average Bonchev–Trinajstić information content (AvgIpc) is 3.05. The summed E-state index contributed by atoms with van der Waals surface area (Å²) in [5.41, 5.74) is 6.49. The predicted octanol–water partition coefficient (Wildman–Crippen LogP) is 6.17. The van der Waals surface area contributed by atoms with Crippen molar-refractivity contribution in [2.24, 2.45) is 28.6 Å². The fraction of sp³-hybridized carbons (Fsp3) is 0.615. The van der Waals surface area contributed by atoms with Gasteiger partial charge in [0.25, 0.3) is 0 Å². The monoisotopic (exact) mass is 375 g/mol. The van der Waals surface area contributed by atoms with Crippen molar-refractivity contribution in [3.05, 3.63) is 47.3 Å². The molecule has 2 heteroatoms. The number of hydrogen-bond acceptors (Lipinski definition) is 2. The van der Waals surface area contributed by atoms with Crippen LogP contribution in [0.15, 0.2) is 36.2 Å². The molecule has 0 aliphatic heterocycles. The molecule has 2 nitrogen and oxygen atoms in total. The maximum atomic E-state index is 12.1. The van der Waals surface area contributed by atoms with Crippen LogP contribution in [0.25, 0.3) is 5.57 Å². The number of carbonyl (C=O) groups excluding carboxylic acids is 1. The Morgan fingerprint density at radius 2 is 2.00 bits per heavy atom. The third kappa shape index (κ3) is 2.46. The van der Waals surface area contributed by atoms with Crippen molar-refractivity contribution < 1.29 is 4.79 Å². The van der Waals surface area contributed by atoms with E-state index >= 15 is 0 Å². The predicted molar refractivity (Wildman–Crippen MR) is 114 cm³/mol. The first-order chi connectivity index (χ1) is 13.5. The van der Waals surface area contributed by atoms with Gasteiger partial charge in [-0.3, -0.25) is 9.78 Å². The zero-order valence-corrected chi connectivity index (χ0v) is 17.6. The number of allylic oxidation sites excluding steroid dienone is 4. The van der Waals surface area contributed by atoms with E-state index in [2.05, 4.69) is 50.2 Å². The summed E-state index contributed by atoms with van der Waals surface area (Å²) in [6, 6.07) is 2.19. The van der Waals surface area contributed by atoms with E-state index in [1.54, 1.807) is 5.57 Å². The van der Waals surface area contributed by atoms with Crippen LogP contribution in [0.4, 0.5) is 0 Å². The second-order valence-electron chi connectivity index (χ2n) is 10.2. The molecular formula is C26H33NO. The van der Waals surface area contributed by atoms with E-state index in [1.807, 2.05) is 6.20 Å². The first-order valence-electron chi connectivity index (χ1n) is 11.3. The van der Waals surface area contributed by atoms with Crippen LogP contribution in [-0.4, -0.2) is 10.8 Å². The molecule has 0 saturated heterocycles. The van der Waals surface area contributed by atoms with Gasteiger partial charge in [0.1, 0.15) is 5.78 Å². The highest BCUT2D eigenvalue weighted by Gasteiger charge is 2.56. The van der Waals surface area contributed by atoms with Crippen LogP contribution in [-0.2, 0) is 11.2 Å². The first-order valence-corrected chi connectivity index (χ1v) is 11.3. The Kier molecular flexibility index (Phi) is 4.19. The zero-order chi connectivity index (χ0) is 19.5. The lowest BCUT2D eigenvalue weighted by atomic mass is 9.46. The van der Waals surface area contributed by atoms with Crippen LogP contribution >= 0.6 is 0 Å². The van der Waals surface area contributed by atoms with Crippen molar-refractivity contribution >= 4 is 11.4 Å². The van der Waals surface area contributed by atoms with Crippen LogP contribution < -0.4 is 0 Å². The van der Waals surface area contributed by atoms with Crippen LogP contribution in [0.5, 0.6) is 0 Å². The van der Waals surface area contributed by atoms with E-state index in [1.165, 1.54) is 42.4 Å². The minimum absolute atomic E-state index is 0.168. The van der Waals surface area contributed by atoms with Crippen molar-refractivity contribution in [3.63, 3.8) is 0 Å². The molecular weight excluding hydrogens is 342 g/mol. The van der Waals surface area contributed by atoms with Crippen molar-refractivity contribution in [1.82, 2.24) is 4.98 Å². The third-order valence-corrected chi connectivity index (χ3v) is 9.11. The van der Waals surface area contributed by atoms with Gasteiger partial charge in [-0.25, -0.2) is 0 Å². The maximum absolute atomic E-state index is 12.1. The molecule has 0 amide bonds. The number of Topliss-reactive ketones (excluding diaryl/α,β-unsaturated/α-hetero) is 1. The topological polar surface area (TPSA) is 30.0 Å². The highest BCUT2D eigenvalue weighted by molar-refractivity contribution is 5.81. The van der Waals surface area contributed by atoms with Crippen molar-refractivity contribution in [3.8, 4) is 0 Å². The molecule has 1 heterocycles. The number of rotatable bonds is 2. The lowest BCUT2D eigenvalue weighted by Gasteiger charge is -2.58. The van der Waals surface area contributed by atoms with E-state index in [0.29, 0.717) is 23.0 Å². The largest absolute Gasteiger partial charge is 0.300 e. The Bertz CT molecular complexity index is 880. The average molecular weight is 376 g/mol. The van der Waals surface area contributed by atoms with E-state index in [9.17, 15) is 4.79 Å². The van der Waals surface area contributed by atoms with Gasteiger partial charge in [-0.1, -0.05) is 38.5 Å². The van der Waals surface area contributed by atoms with Crippen molar-refractivity contribution in [2.45, 2.75) is 72.1 Å². The van der Waals surface area contributed by atoms with Gasteiger partial charge < -0.3 is 0 Å². The molecule has 148 valence electrons. The van der Waals surface area contributed by atoms with E-state index in [0.717, 1.165) is 31.6 Å². The van der Waals surface area contributed by atoms with Gasteiger partial charge in [0.2, 0.25) is 0 Å². The number of carbonyl (C=O) groups is 1. The molecule has 5 atom stereocenters. The second-order valence-corrected chi connectivity index (χ2v) is 10.2. The maximum Gasteiger partial charge on any atom is 0.133 e. The van der Waals surface area contributed by atoms with Gasteiger partial charge in [0, 0.05) is 36.2 Å². The zero-order valence-electron chi connectivity index (χ0n) is 17.6. The minimum atomic E-state index is 0.168. The summed E-state index contributed by atoms with van der Waals surface area (Å²) < 4.78 is 0. The highest BCUT2D eigenvalue weighted by Crippen LogP contribution is 2.65. The summed E-state index contributed by atoms with van der Waals surface area (Å²) in [7, 11) is 0. The van der Waals surface area contributed by atoms with Gasteiger partial charge in [-0.15, -0.1) is 0 Å².